The fourth-order valence-electron chi connectivity index (χ4n) is 4.17. The van der Waals surface area contributed by atoms with Gasteiger partial charge in [-0.3, -0.25) is 19.7 Å². The quantitative estimate of drug-likeness (QED) is 0.641. The van der Waals surface area contributed by atoms with Gasteiger partial charge in [0, 0.05) is 48.1 Å². The molecule has 1 amide bonds. The highest BCUT2D eigenvalue weighted by Gasteiger charge is 2.46. The molecule has 9 heteroatoms. The topological polar surface area (TPSA) is 125 Å². The lowest BCUT2D eigenvalue weighted by Gasteiger charge is -2.40. The summed E-state index contributed by atoms with van der Waals surface area (Å²) >= 11 is 0. The number of tetrazole rings is 1. The minimum atomic E-state index is -0.858. The van der Waals surface area contributed by atoms with Crippen LogP contribution in [-0.4, -0.2) is 41.1 Å². The predicted octanol–water partition coefficient (Wildman–Crippen LogP) is 2.86. The zero-order valence-corrected chi connectivity index (χ0v) is 19.5. The molecule has 2 atom stereocenters. The first-order valence-electron chi connectivity index (χ1n) is 10.8. The third-order valence-electron chi connectivity index (χ3n) is 6.04. The minimum absolute atomic E-state index is 0.237. The second kappa shape index (κ2) is 8.31. The van der Waals surface area contributed by atoms with E-state index in [9.17, 15) is 4.79 Å². The number of aromatic nitrogens is 7. The lowest BCUT2D eigenvalue weighted by atomic mass is 9.72. The molecule has 0 saturated carbocycles. The van der Waals surface area contributed by atoms with Crippen LogP contribution in [-0.2, 0) is 15.7 Å². The van der Waals surface area contributed by atoms with Gasteiger partial charge in [0.15, 0.2) is 5.82 Å². The summed E-state index contributed by atoms with van der Waals surface area (Å²) in [4.78, 5) is 25.9. The molecule has 2 N–H and O–H groups in total. The molecule has 0 aromatic carbocycles. The van der Waals surface area contributed by atoms with Crippen LogP contribution in [0.3, 0.4) is 0 Å². The Kier molecular flexibility index (Phi) is 5.65. The smallest absolute Gasteiger partial charge is 0.244 e. The number of aryl methyl sites for hydroxylation is 1. The maximum absolute atomic E-state index is 12.5. The Balaban J connectivity index is 2.01. The van der Waals surface area contributed by atoms with Gasteiger partial charge >= 0.3 is 0 Å². The average molecular weight is 445 g/mol. The van der Waals surface area contributed by atoms with E-state index in [0.717, 1.165) is 22.5 Å². The maximum Gasteiger partial charge on any atom is 0.244 e. The Morgan fingerprint density at radius 1 is 1.18 bits per heavy atom. The van der Waals surface area contributed by atoms with Gasteiger partial charge in [0.25, 0.3) is 0 Å². The zero-order valence-electron chi connectivity index (χ0n) is 19.5. The molecule has 3 aromatic rings. The van der Waals surface area contributed by atoms with Gasteiger partial charge in [-0.1, -0.05) is 33.8 Å². The van der Waals surface area contributed by atoms with Crippen molar-refractivity contribution in [2.24, 2.45) is 5.73 Å². The Bertz CT molecular complexity index is 1220. The van der Waals surface area contributed by atoms with Crippen molar-refractivity contribution in [2.45, 2.75) is 57.9 Å². The molecule has 3 heterocycles. The number of nitrogens with two attached hydrogens (primary N) is 1. The summed E-state index contributed by atoms with van der Waals surface area (Å²) in [5.74, 6) is -0.0375. The van der Waals surface area contributed by atoms with Gasteiger partial charge in [0.05, 0.1) is 16.9 Å². The Morgan fingerprint density at radius 3 is 2.58 bits per heavy atom. The molecule has 2 unspecified atom stereocenters. The van der Waals surface area contributed by atoms with Crippen molar-refractivity contribution >= 4 is 11.5 Å². The molecule has 33 heavy (non-hydrogen) atoms. The van der Waals surface area contributed by atoms with Crippen LogP contribution in [0.15, 0.2) is 54.6 Å². The number of rotatable bonds is 5. The number of primary amides is 1. The Labute approximate surface area is 192 Å². The molecule has 1 aliphatic carbocycles. The molecule has 0 bridgehead atoms. The first-order chi connectivity index (χ1) is 15.6. The standard InChI is InChI=1S/C24H28N8O/c1-15-6-7-19(28-13-15)17-10-18(21(25)33)12-24(11-17,16(2)20-14-26-8-9-27-20)32-22(23(3,4)5)29-30-31-32/h6-11,13-14,16H,12H2,1-5H3,(H2,25,33). The van der Waals surface area contributed by atoms with Gasteiger partial charge in [-0.15, -0.1) is 5.10 Å². The largest absolute Gasteiger partial charge is 0.366 e. The average Bonchev–Trinajstić information content (AvgIpc) is 3.31. The molecule has 170 valence electrons. The van der Waals surface area contributed by atoms with E-state index in [4.69, 9.17) is 5.73 Å². The van der Waals surface area contributed by atoms with Gasteiger partial charge in [-0.05, 0) is 46.7 Å². The molecule has 3 aromatic heterocycles. The van der Waals surface area contributed by atoms with Gasteiger partial charge in [0.1, 0.15) is 0 Å². The molecule has 1 aliphatic rings. The number of nitrogens with zero attached hydrogens (tertiary/aromatic N) is 7. The van der Waals surface area contributed by atoms with Crippen LogP contribution in [0.4, 0.5) is 0 Å². The summed E-state index contributed by atoms with van der Waals surface area (Å²) in [6.07, 6.45) is 11.0. The second-order valence-electron chi connectivity index (χ2n) is 9.54. The third kappa shape index (κ3) is 4.18. The molecule has 9 nitrogen and oxygen atoms in total. The second-order valence-corrected chi connectivity index (χ2v) is 9.54. The van der Waals surface area contributed by atoms with Gasteiger partial charge in [-0.25, -0.2) is 4.68 Å². The number of hydrogen-bond acceptors (Lipinski definition) is 7. The fourth-order valence-corrected chi connectivity index (χ4v) is 4.17. The van der Waals surface area contributed by atoms with E-state index < -0.39 is 11.4 Å². The van der Waals surface area contributed by atoms with Crippen LogP contribution in [0, 0.1) is 6.92 Å². The summed E-state index contributed by atoms with van der Waals surface area (Å²) in [6, 6.07) is 3.92. The monoisotopic (exact) mass is 444 g/mol. The van der Waals surface area contributed by atoms with Crippen molar-refractivity contribution < 1.29 is 4.79 Å². The van der Waals surface area contributed by atoms with Crippen LogP contribution in [0.1, 0.15) is 62.8 Å². The van der Waals surface area contributed by atoms with E-state index in [1.807, 2.05) is 36.7 Å². The highest BCUT2D eigenvalue weighted by molar-refractivity contribution is 5.96. The normalized spacial score (nSPS) is 19.5. The predicted molar refractivity (Wildman–Crippen MR) is 124 cm³/mol. The van der Waals surface area contributed by atoms with Crippen LogP contribution in [0.5, 0.6) is 0 Å². The summed E-state index contributed by atoms with van der Waals surface area (Å²) in [6.45, 7) is 10.2. The lowest BCUT2D eigenvalue weighted by molar-refractivity contribution is -0.114. The number of amides is 1. The minimum Gasteiger partial charge on any atom is -0.366 e. The van der Waals surface area contributed by atoms with Crippen molar-refractivity contribution in [3.63, 3.8) is 0 Å². The van der Waals surface area contributed by atoms with Crippen LogP contribution >= 0.6 is 0 Å². The molecule has 0 spiro atoms. The fraction of sp³-hybridized carbons (Fsp3) is 0.375. The number of allylic oxidation sites excluding steroid dienone is 3. The van der Waals surface area contributed by atoms with Gasteiger partial charge in [-0.2, -0.15) is 0 Å². The van der Waals surface area contributed by atoms with Gasteiger partial charge in [0.2, 0.25) is 5.91 Å². The maximum atomic E-state index is 12.5. The molecule has 0 radical (unpaired) electrons. The summed E-state index contributed by atoms with van der Waals surface area (Å²) in [5, 5.41) is 12.8. The summed E-state index contributed by atoms with van der Waals surface area (Å²) in [5.41, 5.74) is 8.41. The third-order valence-corrected chi connectivity index (χ3v) is 6.04. The van der Waals surface area contributed by atoms with Crippen molar-refractivity contribution in [1.82, 2.24) is 35.2 Å². The zero-order chi connectivity index (χ0) is 23.8. The summed E-state index contributed by atoms with van der Waals surface area (Å²) in [7, 11) is 0. The van der Waals surface area contributed by atoms with Crippen molar-refractivity contribution in [3.8, 4) is 0 Å². The van der Waals surface area contributed by atoms with Crippen LogP contribution in [0.2, 0.25) is 0 Å². The summed E-state index contributed by atoms with van der Waals surface area (Å²) < 4.78 is 1.82. The molecule has 4 rings (SSSR count). The van der Waals surface area contributed by atoms with E-state index in [0.29, 0.717) is 17.8 Å². The highest BCUT2D eigenvalue weighted by Crippen LogP contribution is 2.46. The van der Waals surface area contributed by atoms with Crippen molar-refractivity contribution in [1.29, 1.82) is 0 Å². The molecular weight excluding hydrogens is 416 g/mol. The van der Waals surface area contributed by atoms with Crippen molar-refractivity contribution in [2.75, 3.05) is 0 Å². The molecule has 0 aliphatic heterocycles. The Morgan fingerprint density at radius 2 is 1.97 bits per heavy atom. The van der Waals surface area contributed by atoms with E-state index >= 15 is 0 Å². The molecule has 0 saturated heterocycles. The van der Waals surface area contributed by atoms with E-state index in [2.05, 4.69) is 57.3 Å². The van der Waals surface area contributed by atoms with E-state index in [-0.39, 0.29) is 11.3 Å². The molecular formula is C24H28N8O. The van der Waals surface area contributed by atoms with Crippen LogP contribution < -0.4 is 5.73 Å². The van der Waals surface area contributed by atoms with Crippen molar-refractivity contribution in [3.05, 3.63) is 77.4 Å². The van der Waals surface area contributed by atoms with Crippen LogP contribution in [0.25, 0.3) is 5.57 Å². The first kappa shape index (κ1) is 22.4. The SMILES string of the molecule is Cc1ccc(C2=CC(C(C)c3cnccn3)(n3nnnc3C(C)(C)C)CC(C(N)=O)=C2)nc1. The van der Waals surface area contributed by atoms with E-state index in [1.165, 1.54) is 0 Å². The number of pyridine rings is 1. The Hall–Kier alpha value is -3.75. The van der Waals surface area contributed by atoms with Gasteiger partial charge < -0.3 is 5.73 Å². The molecule has 0 fully saturated rings. The number of carbonyl (C=O) groups excluding carboxylic acids is 1. The first-order valence-corrected chi connectivity index (χ1v) is 10.8. The highest BCUT2D eigenvalue weighted by atomic mass is 16.1. The van der Waals surface area contributed by atoms with E-state index in [1.54, 1.807) is 24.8 Å². The number of hydrogen-bond donors (Lipinski definition) is 1. The lowest BCUT2D eigenvalue weighted by Crippen LogP contribution is -2.44. The number of carbonyl (C=O) groups is 1.